The van der Waals surface area contributed by atoms with Gasteiger partial charge in [0.25, 0.3) is 0 Å². The maximum atomic E-state index is 5.15. The minimum Gasteiger partial charge on any atom is -0.354 e. The quantitative estimate of drug-likeness (QED) is 0.240. The Hall–Kier alpha value is -5.67. The highest BCUT2D eigenvalue weighted by Crippen LogP contribution is 2.41. The second-order valence-electron chi connectivity index (χ2n) is 10.9. The molecule has 9 aromatic rings. The van der Waals surface area contributed by atoms with Gasteiger partial charge in [0, 0.05) is 43.7 Å². The first-order valence-corrected chi connectivity index (χ1v) is 14.3. The lowest BCUT2D eigenvalue weighted by molar-refractivity contribution is 1.16. The molecule has 0 spiro atoms. The Bertz CT molecular complexity index is 2390. The van der Waals surface area contributed by atoms with Crippen LogP contribution in [-0.4, -0.2) is 14.5 Å². The summed E-state index contributed by atoms with van der Waals surface area (Å²) in [7, 11) is 0. The molecule has 0 aliphatic heterocycles. The third-order valence-electron chi connectivity index (χ3n) is 8.49. The van der Waals surface area contributed by atoms with Crippen LogP contribution in [0.4, 0.5) is 0 Å². The molecule has 6 aromatic carbocycles. The second kappa shape index (κ2) is 8.92. The lowest BCUT2D eigenvalue weighted by atomic mass is 10.0. The van der Waals surface area contributed by atoms with Crippen molar-refractivity contribution in [3.05, 3.63) is 146 Å². The first-order valence-electron chi connectivity index (χ1n) is 14.3. The molecule has 0 amide bonds. The number of nitrogens with one attached hydrogen (secondary N) is 1. The molecule has 0 aliphatic carbocycles. The summed E-state index contributed by atoms with van der Waals surface area (Å²) in [5, 5.41) is 7.52. The van der Waals surface area contributed by atoms with E-state index in [0.717, 1.165) is 39.2 Å². The molecule has 3 heteroatoms. The SMILES string of the molecule is c1ccc(-c2cc(-n3c4cc5[nH]c6ccccc6c5cc4c4c5ccccc5ccc43)cc(-c3ccccc3)n2)cc1. The van der Waals surface area contributed by atoms with Crippen molar-refractivity contribution in [3.8, 4) is 28.2 Å². The number of aromatic nitrogens is 3. The van der Waals surface area contributed by atoms with E-state index in [0.29, 0.717) is 0 Å². The standard InChI is InChI=1S/C39H25N3/c1-3-12-26(13-4-1)34-21-28(22-35(41-34)27-14-5-2-6-15-27)42-37-20-19-25-11-7-8-16-29(25)39(37)32-23-31-30-17-9-10-18-33(30)40-36(31)24-38(32)42/h1-24,40H. The van der Waals surface area contributed by atoms with Gasteiger partial charge in [-0.05, 0) is 47.2 Å². The molecule has 0 bridgehead atoms. The van der Waals surface area contributed by atoms with Gasteiger partial charge in [-0.15, -0.1) is 0 Å². The van der Waals surface area contributed by atoms with E-state index >= 15 is 0 Å². The molecule has 3 heterocycles. The van der Waals surface area contributed by atoms with Crippen molar-refractivity contribution in [2.24, 2.45) is 0 Å². The summed E-state index contributed by atoms with van der Waals surface area (Å²) in [4.78, 5) is 8.83. The molecule has 0 saturated carbocycles. The Kier molecular flexibility index (Phi) is 4.90. The average Bonchev–Trinajstić information content (AvgIpc) is 3.59. The monoisotopic (exact) mass is 535 g/mol. The van der Waals surface area contributed by atoms with Crippen LogP contribution >= 0.6 is 0 Å². The third-order valence-corrected chi connectivity index (χ3v) is 8.49. The molecule has 42 heavy (non-hydrogen) atoms. The van der Waals surface area contributed by atoms with E-state index in [1.54, 1.807) is 0 Å². The van der Waals surface area contributed by atoms with Gasteiger partial charge in [0.2, 0.25) is 0 Å². The summed E-state index contributed by atoms with van der Waals surface area (Å²) < 4.78 is 2.42. The van der Waals surface area contributed by atoms with E-state index in [2.05, 4.69) is 155 Å². The van der Waals surface area contributed by atoms with Gasteiger partial charge < -0.3 is 9.55 Å². The van der Waals surface area contributed by atoms with Crippen molar-refractivity contribution in [3.63, 3.8) is 0 Å². The molecule has 1 N–H and O–H groups in total. The molecule has 0 atom stereocenters. The average molecular weight is 536 g/mol. The molecule has 0 saturated heterocycles. The second-order valence-corrected chi connectivity index (χ2v) is 10.9. The summed E-state index contributed by atoms with van der Waals surface area (Å²) in [6, 6.07) is 51.9. The number of H-pyrrole nitrogens is 1. The molecular weight excluding hydrogens is 510 g/mol. The maximum absolute atomic E-state index is 5.15. The largest absolute Gasteiger partial charge is 0.354 e. The number of pyridine rings is 1. The van der Waals surface area contributed by atoms with Gasteiger partial charge in [-0.25, -0.2) is 4.98 Å². The number of rotatable bonds is 3. The molecule has 9 rings (SSSR count). The van der Waals surface area contributed by atoms with Crippen LogP contribution in [0.2, 0.25) is 0 Å². The Morgan fingerprint density at radius 3 is 1.83 bits per heavy atom. The van der Waals surface area contributed by atoms with Crippen LogP contribution in [0.1, 0.15) is 0 Å². The summed E-state index contributed by atoms with van der Waals surface area (Å²) in [6.45, 7) is 0. The van der Waals surface area contributed by atoms with Crippen LogP contribution in [-0.2, 0) is 0 Å². The fourth-order valence-corrected chi connectivity index (χ4v) is 6.57. The van der Waals surface area contributed by atoms with Crippen LogP contribution in [0, 0.1) is 0 Å². The number of nitrogens with zero attached hydrogens (tertiary/aromatic N) is 2. The first-order chi connectivity index (χ1) is 20.8. The highest BCUT2D eigenvalue weighted by molar-refractivity contribution is 6.25. The van der Waals surface area contributed by atoms with E-state index in [-0.39, 0.29) is 0 Å². The van der Waals surface area contributed by atoms with Gasteiger partial charge >= 0.3 is 0 Å². The molecule has 0 radical (unpaired) electrons. The number of aromatic amines is 1. The van der Waals surface area contributed by atoms with Gasteiger partial charge in [0.1, 0.15) is 0 Å². The van der Waals surface area contributed by atoms with Crippen molar-refractivity contribution in [1.82, 2.24) is 14.5 Å². The van der Waals surface area contributed by atoms with Crippen molar-refractivity contribution in [1.29, 1.82) is 0 Å². The molecular formula is C39H25N3. The maximum Gasteiger partial charge on any atom is 0.0730 e. The Morgan fingerprint density at radius 2 is 1.10 bits per heavy atom. The van der Waals surface area contributed by atoms with E-state index in [1.807, 2.05) is 0 Å². The van der Waals surface area contributed by atoms with Crippen molar-refractivity contribution in [2.75, 3.05) is 0 Å². The highest BCUT2D eigenvalue weighted by Gasteiger charge is 2.19. The minimum absolute atomic E-state index is 0.953. The molecule has 3 aromatic heterocycles. The number of fused-ring (bicyclic) bond motifs is 8. The van der Waals surface area contributed by atoms with Gasteiger partial charge in [-0.3, -0.25) is 0 Å². The van der Waals surface area contributed by atoms with Gasteiger partial charge in [-0.1, -0.05) is 109 Å². The van der Waals surface area contributed by atoms with Gasteiger partial charge in [-0.2, -0.15) is 0 Å². The minimum atomic E-state index is 0.953. The van der Waals surface area contributed by atoms with Crippen molar-refractivity contribution < 1.29 is 0 Å². The van der Waals surface area contributed by atoms with E-state index in [1.165, 1.54) is 43.4 Å². The van der Waals surface area contributed by atoms with Crippen LogP contribution in [0.25, 0.3) is 82.6 Å². The zero-order valence-corrected chi connectivity index (χ0v) is 22.8. The Balaban J connectivity index is 1.44. The van der Waals surface area contributed by atoms with Crippen LogP contribution in [0.3, 0.4) is 0 Å². The van der Waals surface area contributed by atoms with Crippen LogP contribution in [0.15, 0.2) is 146 Å². The zero-order chi connectivity index (χ0) is 27.6. The zero-order valence-electron chi connectivity index (χ0n) is 22.8. The Morgan fingerprint density at radius 1 is 0.452 bits per heavy atom. The Labute approximate surface area is 242 Å². The third kappa shape index (κ3) is 3.44. The summed E-state index contributed by atoms with van der Waals surface area (Å²) in [5.74, 6) is 0. The highest BCUT2D eigenvalue weighted by atomic mass is 15.0. The molecule has 0 unspecified atom stereocenters. The summed E-state index contributed by atoms with van der Waals surface area (Å²) in [5.41, 5.74) is 9.84. The molecule has 3 nitrogen and oxygen atoms in total. The fourth-order valence-electron chi connectivity index (χ4n) is 6.57. The number of hydrogen-bond donors (Lipinski definition) is 1. The normalized spacial score (nSPS) is 11.8. The molecule has 0 aliphatic rings. The van der Waals surface area contributed by atoms with Crippen LogP contribution in [0.5, 0.6) is 0 Å². The number of hydrogen-bond acceptors (Lipinski definition) is 1. The van der Waals surface area contributed by atoms with E-state index in [9.17, 15) is 0 Å². The first kappa shape index (κ1) is 23.1. The van der Waals surface area contributed by atoms with Crippen LogP contribution < -0.4 is 0 Å². The smallest absolute Gasteiger partial charge is 0.0730 e. The summed E-state index contributed by atoms with van der Waals surface area (Å²) in [6.07, 6.45) is 0. The topological polar surface area (TPSA) is 33.6 Å². The number of benzene rings is 6. The predicted octanol–water partition coefficient (Wildman–Crippen LogP) is 10.3. The van der Waals surface area contributed by atoms with Crippen molar-refractivity contribution >= 4 is 54.4 Å². The van der Waals surface area contributed by atoms with E-state index < -0.39 is 0 Å². The lowest BCUT2D eigenvalue weighted by Crippen LogP contribution is -1.98. The van der Waals surface area contributed by atoms with Gasteiger partial charge in [0.05, 0.1) is 28.1 Å². The molecule has 196 valence electrons. The summed E-state index contributed by atoms with van der Waals surface area (Å²) >= 11 is 0. The van der Waals surface area contributed by atoms with Gasteiger partial charge in [0.15, 0.2) is 0 Å². The van der Waals surface area contributed by atoms with E-state index in [4.69, 9.17) is 4.98 Å². The molecule has 0 fully saturated rings. The van der Waals surface area contributed by atoms with Crippen molar-refractivity contribution in [2.45, 2.75) is 0 Å². The lowest BCUT2D eigenvalue weighted by Gasteiger charge is -2.13. The fraction of sp³-hybridized carbons (Fsp3) is 0. The number of para-hydroxylation sites is 1. The predicted molar refractivity (Wildman–Crippen MR) is 176 cm³/mol.